The third-order valence-corrected chi connectivity index (χ3v) is 3.26. The number of hydrogen-bond acceptors (Lipinski definition) is 5. The highest BCUT2D eigenvalue weighted by Crippen LogP contribution is 2.13. The summed E-state index contributed by atoms with van der Waals surface area (Å²) < 4.78 is 5.05. The van der Waals surface area contributed by atoms with E-state index in [1.807, 2.05) is 5.38 Å². The fourth-order valence-corrected chi connectivity index (χ4v) is 2.21. The van der Waals surface area contributed by atoms with Crippen LogP contribution in [-0.4, -0.2) is 41.3 Å². The highest BCUT2D eigenvalue weighted by atomic mass is 32.1. The molecule has 0 spiro atoms. The van der Waals surface area contributed by atoms with Crippen molar-refractivity contribution >= 4 is 23.3 Å². The van der Waals surface area contributed by atoms with E-state index < -0.39 is 24.0 Å². The summed E-state index contributed by atoms with van der Waals surface area (Å²) in [7, 11) is 0. The van der Waals surface area contributed by atoms with Gasteiger partial charge < -0.3 is 20.5 Å². The van der Waals surface area contributed by atoms with Gasteiger partial charge in [-0.2, -0.15) is 0 Å². The zero-order valence-corrected chi connectivity index (χ0v) is 10.3. The molecule has 18 heavy (non-hydrogen) atoms. The Morgan fingerprint density at radius 1 is 1.56 bits per heavy atom. The summed E-state index contributed by atoms with van der Waals surface area (Å²) in [5.41, 5.74) is 2.45. The minimum atomic E-state index is -0.961. The van der Waals surface area contributed by atoms with Crippen molar-refractivity contribution in [3.8, 4) is 0 Å². The molecule has 0 saturated carbocycles. The molecule has 0 bridgehead atoms. The van der Waals surface area contributed by atoms with Gasteiger partial charge in [0.1, 0.15) is 5.92 Å². The van der Waals surface area contributed by atoms with Crippen LogP contribution in [0.1, 0.15) is 5.69 Å². The Bertz CT molecular complexity index is 423. The number of carbonyl (C=O) groups excluding carboxylic acids is 1. The second-order valence-electron chi connectivity index (χ2n) is 3.90. The van der Waals surface area contributed by atoms with Gasteiger partial charge >= 0.3 is 12.0 Å². The zero-order valence-electron chi connectivity index (χ0n) is 9.46. The molecule has 2 heterocycles. The third kappa shape index (κ3) is 3.17. The standard InChI is InChI=1S/C10H13N3O4S/c14-9(15)7-2-17-3-8(7)13-10(16)11-1-6-4-18-5-12-6/h4-5,7-8H,1-3H2,(H,14,15)(H2,11,13,16). The Balaban J connectivity index is 1.78. The van der Waals surface area contributed by atoms with Gasteiger partial charge in [0.2, 0.25) is 0 Å². The quantitative estimate of drug-likeness (QED) is 0.718. The minimum Gasteiger partial charge on any atom is -0.481 e. The molecule has 1 aromatic rings. The first-order valence-electron chi connectivity index (χ1n) is 5.39. The lowest BCUT2D eigenvalue weighted by molar-refractivity contribution is -0.142. The van der Waals surface area contributed by atoms with Crippen molar-refractivity contribution in [2.24, 2.45) is 5.92 Å². The SMILES string of the molecule is O=C(NCc1cscn1)NC1COCC1C(=O)O. The number of urea groups is 1. The van der Waals surface area contributed by atoms with Gasteiger partial charge in [0.25, 0.3) is 0 Å². The second kappa shape index (κ2) is 5.78. The van der Waals surface area contributed by atoms with Crippen molar-refractivity contribution < 1.29 is 19.4 Å². The molecule has 8 heteroatoms. The molecular formula is C10H13N3O4S. The van der Waals surface area contributed by atoms with Crippen molar-refractivity contribution in [2.75, 3.05) is 13.2 Å². The smallest absolute Gasteiger partial charge is 0.315 e. The maximum atomic E-state index is 11.6. The van der Waals surface area contributed by atoms with Crippen LogP contribution in [0.5, 0.6) is 0 Å². The summed E-state index contributed by atoms with van der Waals surface area (Å²) in [5, 5.41) is 16.0. The van der Waals surface area contributed by atoms with Crippen LogP contribution in [0.25, 0.3) is 0 Å². The first-order valence-corrected chi connectivity index (χ1v) is 6.33. The largest absolute Gasteiger partial charge is 0.481 e. The molecule has 1 fully saturated rings. The predicted octanol–water partition coefficient (Wildman–Crippen LogP) is 0.0419. The van der Waals surface area contributed by atoms with Crippen molar-refractivity contribution in [3.63, 3.8) is 0 Å². The van der Waals surface area contributed by atoms with E-state index in [-0.39, 0.29) is 13.2 Å². The maximum absolute atomic E-state index is 11.6. The molecule has 0 radical (unpaired) electrons. The van der Waals surface area contributed by atoms with Gasteiger partial charge in [-0.05, 0) is 0 Å². The van der Waals surface area contributed by atoms with Gasteiger partial charge in [-0.15, -0.1) is 11.3 Å². The van der Waals surface area contributed by atoms with Crippen LogP contribution in [0.15, 0.2) is 10.9 Å². The number of carboxylic acids is 1. The van der Waals surface area contributed by atoms with E-state index in [0.29, 0.717) is 6.54 Å². The molecular weight excluding hydrogens is 258 g/mol. The lowest BCUT2D eigenvalue weighted by Crippen LogP contribution is -2.47. The fraction of sp³-hybridized carbons (Fsp3) is 0.500. The van der Waals surface area contributed by atoms with E-state index in [4.69, 9.17) is 9.84 Å². The number of aliphatic carboxylic acids is 1. The van der Waals surface area contributed by atoms with Crippen molar-refractivity contribution in [3.05, 3.63) is 16.6 Å². The van der Waals surface area contributed by atoms with Crippen LogP contribution >= 0.6 is 11.3 Å². The number of amides is 2. The van der Waals surface area contributed by atoms with Gasteiger partial charge in [-0.1, -0.05) is 0 Å². The van der Waals surface area contributed by atoms with Crippen LogP contribution in [0.4, 0.5) is 4.79 Å². The molecule has 1 aromatic heterocycles. The number of thiazole rings is 1. The van der Waals surface area contributed by atoms with Crippen molar-refractivity contribution in [2.45, 2.75) is 12.6 Å². The lowest BCUT2D eigenvalue weighted by atomic mass is 10.0. The van der Waals surface area contributed by atoms with Gasteiger partial charge in [0, 0.05) is 5.38 Å². The normalized spacial score (nSPS) is 22.7. The van der Waals surface area contributed by atoms with Crippen LogP contribution in [0.3, 0.4) is 0 Å². The molecule has 0 aliphatic carbocycles. The average Bonchev–Trinajstić information content (AvgIpc) is 2.96. The van der Waals surface area contributed by atoms with E-state index in [1.165, 1.54) is 11.3 Å². The molecule has 2 amide bonds. The predicted molar refractivity (Wildman–Crippen MR) is 63.2 cm³/mol. The number of hydrogen-bond donors (Lipinski definition) is 3. The summed E-state index contributed by atoms with van der Waals surface area (Å²) in [5.74, 6) is -1.65. The Morgan fingerprint density at radius 3 is 3.06 bits per heavy atom. The van der Waals surface area contributed by atoms with E-state index in [0.717, 1.165) is 5.69 Å². The van der Waals surface area contributed by atoms with Gasteiger partial charge in [-0.25, -0.2) is 9.78 Å². The topological polar surface area (TPSA) is 101 Å². The summed E-state index contributed by atoms with van der Waals surface area (Å²) in [6.45, 7) is 0.675. The number of ether oxygens (including phenoxy) is 1. The molecule has 1 aliphatic heterocycles. The first kappa shape index (κ1) is 12.8. The molecule has 2 unspecified atom stereocenters. The zero-order chi connectivity index (χ0) is 13.0. The Kier molecular flexibility index (Phi) is 4.11. The van der Waals surface area contributed by atoms with Crippen molar-refractivity contribution in [1.29, 1.82) is 0 Å². The number of carboxylic acid groups (broad SMARTS) is 1. The van der Waals surface area contributed by atoms with Crippen LogP contribution in [0.2, 0.25) is 0 Å². The van der Waals surface area contributed by atoms with Gasteiger partial charge in [0.05, 0.1) is 37.0 Å². The Labute approximate surface area is 107 Å². The monoisotopic (exact) mass is 271 g/mol. The summed E-state index contributed by atoms with van der Waals surface area (Å²) >= 11 is 1.45. The highest BCUT2D eigenvalue weighted by Gasteiger charge is 2.34. The van der Waals surface area contributed by atoms with E-state index in [1.54, 1.807) is 5.51 Å². The summed E-state index contributed by atoms with van der Waals surface area (Å²) in [4.78, 5) is 26.5. The molecule has 7 nitrogen and oxygen atoms in total. The maximum Gasteiger partial charge on any atom is 0.315 e. The van der Waals surface area contributed by atoms with Gasteiger partial charge in [0.15, 0.2) is 0 Å². The first-order chi connectivity index (χ1) is 8.66. The summed E-state index contributed by atoms with van der Waals surface area (Å²) in [6, 6.07) is -0.900. The highest BCUT2D eigenvalue weighted by molar-refractivity contribution is 7.07. The third-order valence-electron chi connectivity index (χ3n) is 2.63. The van der Waals surface area contributed by atoms with Crippen LogP contribution in [-0.2, 0) is 16.1 Å². The number of rotatable bonds is 4. The minimum absolute atomic E-state index is 0.131. The molecule has 0 aromatic carbocycles. The number of nitrogens with zero attached hydrogens (tertiary/aromatic N) is 1. The number of nitrogens with one attached hydrogen (secondary N) is 2. The number of aromatic nitrogens is 1. The van der Waals surface area contributed by atoms with Crippen molar-refractivity contribution in [1.82, 2.24) is 15.6 Å². The Morgan fingerprint density at radius 2 is 2.39 bits per heavy atom. The van der Waals surface area contributed by atoms with Crippen LogP contribution < -0.4 is 10.6 Å². The summed E-state index contributed by atoms with van der Waals surface area (Å²) in [6.07, 6.45) is 0. The van der Waals surface area contributed by atoms with E-state index in [9.17, 15) is 9.59 Å². The van der Waals surface area contributed by atoms with Crippen LogP contribution in [0, 0.1) is 5.92 Å². The Hall–Kier alpha value is -1.67. The fourth-order valence-electron chi connectivity index (χ4n) is 1.66. The van der Waals surface area contributed by atoms with E-state index in [2.05, 4.69) is 15.6 Å². The van der Waals surface area contributed by atoms with E-state index >= 15 is 0 Å². The molecule has 2 atom stereocenters. The second-order valence-corrected chi connectivity index (χ2v) is 4.61. The lowest BCUT2D eigenvalue weighted by Gasteiger charge is -2.15. The molecule has 1 aliphatic rings. The molecule has 1 saturated heterocycles. The molecule has 2 rings (SSSR count). The van der Waals surface area contributed by atoms with Gasteiger partial charge in [-0.3, -0.25) is 4.79 Å². The average molecular weight is 271 g/mol. The molecule has 98 valence electrons. The number of carbonyl (C=O) groups is 2. The molecule has 3 N–H and O–H groups in total.